The van der Waals surface area contributed by atoms with Crippen molar-refractivity contribution in [2.45, 2.75) is 11.9 Å². The number of nitrogens with one attached hydrogen (secondary N) is 1. The minimum atomic E-state index is -0.173. The predicted molar refractivity (Wildman–Crippen MR) is 101 cm³/mol. The molecular weight excluding hydrogens is 352 g/mol. The Morgan fingerprint density at radius 1 is 1.28 bits per heavy atom. The van der Waals surface area contributed by atoms with E-state index in [0.717, 1.165) is 16.1 Å². The Kier molecular flexibility index (Phi) is 5.43. The summed E-state index contributed by atoms with van der Waals surface area (Å²) in [6.07, 6.45) is 1.61. The zero-order valence-electron chi connectivity index (χ0n) is 13.4. The van der Waals surface area contributed by atoms with Crippen LogP contribution in [0.5, 0.6) is 0 Å². The van der Waals surface area contributed by atoms with Crippen molar-refractivity contribution in [3.05, 3.63) is 59.1 Å². The number of nitrogens with zero attached hydrogens (tertiary/aromatic N) is 3. The fourth-order valence-electron chi connectivity index (χ4n) is 2.19. The lowest BCUT2D eigenvalue weighted by Crippen LogP contribution is -2.14. The number of aromatic nitrogens is 2. The summed E-state index contributed by atoms with van der Waals surface area (Å²) in [5.74, 6) is -0.00162. The number of hydrogen-bond acceptors (Lipinski definition) is 6. The van der Waals surface area contributed by atoms with Crippen LogP contribution in [0.4, 0.5) is 5.13 Å². The van der Waals surface area contributed by atoms with Gasteiger partial charge in [0.2, 0.25) is 5.91 Å². The Hall–Kier alpha value is -2.69. The van der Waals surface area contributed by atoms with E-state index in [1.807, 2.05) is 37.3 Å². The SMILES string of the molecule is Cc1sc(NC(=O)CSc2ncccc2C#N)nc1-c1ccccc1. The zero-order chi connectivity index (χ0) is 17.6. The van der Waals surface area contributed by atoms with Gasteiger partial charge in [-0.1, -0.05) is 42.1 Å². The Morgan fingerprint density at radius 3 is 2.84 bits per heavy atom. The molecule has 3 rings (SSSR count). The number of carbonyl (C=O) groups is 1. The Bertz CT molecular complexity index is 932. The van der Waals surface area contributed by atoms with Crippen LogP contribution in [0.3, 0.4) is 0 Å². The van der Waals surface area contributed by atoms with Crippen LogP contribution in [0.2, 0.25) is 0 Å². The summed E-state index contributed by atoms with van der Waals surface area (Å²) in [6, 6.07) is 15.3. The molecule has 0 radical (unpaired) electrons. The van der Waals surface area contributed by atoms with E-state index in [1.165, 1.54) is 23.1 Å². The summed E-state index contributed by atoms with van der Waals surface area (Å²) in [5, 5.41) is 13.0. The Balaban J connectivity index is 1.65. The molecule has 124 valence electrons. The van der Waals surface area contributed by atoms with Crippen molar-refractivity contribution in [1.29, 1.82) is 5.26 Å². The van der Waals surface area contributed by atoms with Crippen molar-refractivity contribution in [2.24, 2.45) is 0 Å². The maximum absolute atomic E-state index is 12.2. The average Bonchev–Trinajstić information content (AvgIpc) is 3.01. The van der Waals surface area contributed by atoms with Crippen LogP contribution >= 0.6 is 23.1 Å². The molecule has 3 aromatic rings. The second kappa shape index (κ2) is 7.92. The largest absolute Gasteiger partial charge is 0.301 e. The van der Waals surface area contributed by atoms with Gasteiger partial charge in [-0.05, 0) is 19.1 Å². The van der Waals surface area contributed by atoms with Crippen LogP contribution in [0.15, 0.2) is 53.7 Å². The van der Waals surface area contributed by atoms with Crippen molar-refractivity contribution in [3.63, 3.8) is 0 Å². The molecule has 0 aliphatic carbocycles. The first kappa shape index (κ1) is 17.1. The van der Waals surface area contributed by atoms with E-state index in [1.54, 1.807) is 18.3 Å². The first-order valence-corrected chi connectivity index (χ1v) is 9.28. The minimum absolute atomic E-state index is 0.172. The number of pyridine rings is 1. The molecule has 1 amide bonds. The number of thioether (sulfide) groups is 1. The molecule has 0 fully saturated rings. The Morgan fingerprint density at radius 2 is 2.08 bits per heavy atom. The van der Waals surface area contributed by atoms with Gasteiger partial charge in [-0.25, -0.2) is 9.97 Å². The van der Waals surface area contributed by atoms with Gasteiger partial charge < -0.3 is 5.32 Å². The van der Waals surface area contributed by atoms with Crippen LogP contribution in [-0.4, -0.2) is 21.6 Å². The highest BCUT2D eigenvalue weighted by molar-refractivity contribution is 8.00. The standard InChI is InChI=1S/C18H14N4OS2/c1-12-16(13-6-3-2-4-7-13)22-18(25-12)21-15(23)11-24-17-14(10-19)8-5-9-20-17/h2-9H,11H2,1H3,(H,21,22,23). The minimum Gasteiger partial charge on any atom is -0.301 e. The molecule has 2 heterocycles. The van der Waals surface area contributed by atoms with Gasteiger partial charge in [0.1, 0.15) is 11.1 Å². The lowest BCUT2D eigenvalue weighted by molar-refractivity contribution is -0.113. The molecule has 0 bridgehead atoms. The third kappa shape index (κ3) is 4.24. The molecule has 0 atom stereocenters. The van der Waals surface area contributed by atoms with E-state index in [4.69, 9.17) is 5.26 Å². The van der Waals surface area contributed by atoms with Crippen molar-refractivity contribution in [1.82, 2.24) is 9.97 Å². The third-order valence-electron chi connectivity index (χ3n) is 3.32. The van der Waals surface area contributed by atoms with Crippen molar-refractivity contribution >= 4 is 34.1 Å². The third-order valence-corrected chi connectivity index (χ3v) is 5.21. The van der Waals surface area contributed by atoms with E-state index in [0.29, 0.717) is 15.7 Å². The van der Waals surface area contributed by atoms with Crippen LogP contribution in [0.25, 0.3) is 11.3 Å². The van der Waals surface area contributed by atoms with Gasteiger partial charge in [-0.3, -0.25) is 4.79 Å². The maximum Gasteiger partial charge on any atom is 0.236 e. The van der Waals surface area contributed by atoms with E-state index >= 15 is 0 Å². The van der Waals surface area contributed by atoms with Gasteiger partial charge in [0.05, 0.1) is 17.0 Å². The normalized spacial score (nSPS) is 10.2. The van der Waals surface area contributed by atoms with E-state index < -0.39 is 0 Å². The Labute approximate surface area is 153 Å². The lowest BCUT2D eigenvalue weighted by Gasteiger charge is -2.02. The van der Waals surface area contributed by atoms with Crippen LogP contribution in [-0.2, 0) is 4.79 Å². The van der Waals surface area contributed by atoms with Crippen molar-refractivity contribution in [3.8, 4) is 17.3 Å². The zero-order valence-corrected chi connectivity index (χ0v) is 15.0. The molecule has 2 aromatic heterocycles. The summed E-state index contributed by atoms with van der Waals surface area (Å²) < 4.78 is 0. The molecule has 0 saturated carbocycles. The van der Waals surface area contributed by atoms with Gasteiger partial charge in [-0.2, -0.15) is 5.26 Å². The summed E-state index contributed by atoms with van der Waals surface area (Å²) in [7, 11) is 0. The number of anilines is 1. The molecule has 5 nitrogen and oxygen atoms in total. The summed E-state index contributed by atoms with van der Waals surface area (Å²) in [6.45, 7) is 1.98. The summed E-state index contributed by atoms with van der Waals surface area (Å²) >= 11 is 2.68. The monoisotopic (exact) mass is 366 g/mol. The molecule has 0 spiro atoms. The second-order valence-electron chi connectivity index (χ2n) is 5.09. The molecular formula is C18H14N4OS2. The highest BCUT2D eigenvalue weighted by atomic mass is 32.2. The summed E-state index contributed by atoms with van der Waals surface area (Å²) in [4.78, 5) is 21.9. The molecule has 0 saturated heterocycles. The average molecular weight is 366 g/mol. The number of hydrogen-bond donors (Lipinski definition) is 1. The number of thiazole rings is 1. The number of aryl methyl sites for hydroxylation is 1. The smallest absolute Gasteiger partial charge is 0.236 e. The first-order chi connectivity index (χ1) is 12.2. The maximum atomic E-state index is 12.2. The van der Waals surface area contributed by atoms with E-state index in [2.05, 4.69) is 21.4 Å². The number of rotatable bonds is 5. The predicted octanol–water partition coefficient (Wildman–Crippen LogP) is 4.12. The molecule has 1 N–H and O–H groups in total. The van der Waals surface area contributed by atoms with Crippen LogP contribution in [0.1, 0.15) is 10.4 Å². The van der Waals surface area contributed by atoms with Crippen LogP contribution in [0, 0.1) is 18.3 Å². The molecule has 25 heavy (non-hydrogen) atoms. The topological polar surface area (TPSA) is 78.7 Å². The number of nitriles is 1. The van der Waals surface area contributed by atoms with Gasteiger partial charge in [-0.15, -0.1) is 11.3 Å². The molecule has 0 aliphatic rings. The number of benzene rings is 1. The number of carbonyl (C=O) groups excluding carboxylic acids is 1. The molecule has 0 aliphatic heterocycles. The quantitative estimate of drug-likeness (QED) is 0.687. The van der Waals surface area contributed by atoms with E-state index in [-0.39, 0.29) is 11.7 Å². The van der Waals surface area contributed by atoms with Gasteiger partial charge in [0, 0.05) is 16.6 Å². The number of amides is 1. The van der Waals surface area contributed by atoms with Gasteiger partial charge in [0.15, 0.2) is 5.13 Å². The fourth-order valence-corrected chi connectivity index (χ4v) is 3.79. The van der Waals surface area contributed by atoms with Crippen molar-refractivity contribution in [2.75, 3.05) is 11.1 Å². The van der Waals surface area contributed by atoms with Gasteiger partial charge >= 0.3 is 0 Å². The van der Waals surface area contributed by atoms with Crippen molar-refractivity contribution < 1.29 is 4.79 Å². The fraction of sp³-hybridized carbons (Fsp3) is 0.111. The second-order valence-corrected chi connectivity index (χ2v) is 7.26. The molecule has 7 heteroatoms. The highest BCUT2D eigenvalue weighted by Crippen LogP contribution is 2.30. The molecule has 0 unspecified atom stereocenters. The molecule has 1 aromatic carbocycles. The first-order valence-electron chi connectivity index (χ1n) is 7.48. The lowest BCUT2D eigenvalue weighted by atomic mass is 10.1. The van der Waals surface area contributed by atoms with Gasteiger partial charge in [0.25, 0.3) is 0 Å². The van der Waals surface area contributed by atoms with E-state index in [9.17, 15) is 4.79 Å². The highest BCUT2D eigenvalue weighted by Gasteiger charge is 2.13. The summed E-state index contributed by atoms with van der Waals surface area (Å²) in [5.41, 5.74) is 2.38. The van der Waals surface area contributed by atoms with Crippen LogP contribution < -0.4 is 5.32 Å².